The topological polar surface area (TPSA) is 388 Å². The molecule has 11 atom stereocenters. The van der Waals surface area contributed by atoms with Gasteiger partial charge in [0.15, 0.2) is 6.04 Å². The average Bonchev–Trinajstić information content (AvgIpc) is 3.92. The molecule has 1 aromatic heterocycles. The minimum absolute atomic E-state index is 0.0944. The van der Waals surface area contributed by atoms with Crippen molar-refractivity contribution in [3.05, 3.63) is 23.8 Å². The number of benzene rings is 1. The summed E-state index contributed by atoms with van der Waals surface area (Å²) < 4.78 is 21.0. The summed E-state index contributed by atoms with van der Waals surface area (Å²) in [7, 11) is 1.88. The van der Waals surface area contributed by atoms with Gasteiger partial charge in [0.25, 0.3) is 0 Å². The minimum atomic E-state index is -2.36. The fourth-order valence-electron chi connectivity index (χ4n) is 8.73. The second-order valence-electron chi connectivity index (χ2n) is 18.5. The van der Waals surface area contributed by atoms with E-state index in [1.165, 1.54) is 6.92 Å². The number of nitrogens with zero attached hydrogens (tertiary/aromatic N) is 1. The summed E-state index contributed by atoms with van der Waals surface area (Å²) in [4.78, 5) is 129. The number of nitrogens with one attached hydrogen (secondary N) is 9. The van der Waals surface area contributed by atoms with Crippen molar-refractivity contribution in [2.75, 3.05) is 52.2 Å². The second kappa shape index (κ2) is 26.6. The summed E-state index contributed by atoms with van der Waals surface area (Å²) in [6.07, 6.45) is -0.698. The molecule has 0 spiro atoms. The highest BCUT2D eigenvalue weighted by molar-refractivity contribution is 7.91. The van der Waals surface area contributed by atoms with Gasteiger partial charge in [0.1, 0.15) is 41.7 Å². The average molecular weight is 1030 g/mol. The van der Waals surface area contributed by atoms with E-state index in [4.69, 9.17) is 10.5 Å². The Hall–Kier alpha value is -6.06. The van der Waals surface area contributed by atoms with Gasteiger partial charge in [-0.15, -0.1) is 0 Å². The molecule has 5 rings (SSSR count). The Bertz CT molecular complexity index is 2300. The van der Waals surface area contributed by atoms with E-state index in [9.17, 15) is 63.0 Å². The molecule has 25 nitrogen and oxygen atoms in total. The number of aromatic nitrogens is 1. The van der Waals surface area contributed by atoms with Crippen molar-refractivity contribution in [2.45, 2.75) is 126 Å². The molecule has 72 heavy (non-hydrogen) atoms. The van der Waals surface area contributed by atoms with Crippen LogP contribution in [-0.4, -0.2) is 184 Å². The van der Waals surface area contributed by atoms with E-state index in [2.05, 4.69) is 47.5 Å². The molecule has 4 heterocycles. The molecule has 26 heteroatoms. The molecule has 3 aliphatic rings. The highest BCUT2D eigenvalue weighted by Crippen LogP contribution is 2.32. The van der Waals surface area contributed by atoms with Crippen LogP contribution in [0.15, 0.2) is 23.2 Å². The Morgan fingerprint density at radius 2 is 1.58 bits per heavy atom. The smallest absolute Gasteiger partial charge is 0.248 e. The molecular formula is C46H69N11O14S. The van der Waals surface area contributed by atoms with Crippen LogP contribution < -0.4 is 53.0 Å². The zero-order chi connectivity index (χ0) is 52.8. The molecule has 0 aliphatic carbocycles. The van der Waals surface area contributed by atoms with Gasteiger partial charge in [-0.05, 0) is 44.5 Å². The highest BCUT2D eigenvalue weighted by atomic mass is 32.2. The Morgan fingerprint density at radius 1 is 0.889 bits per heavy atom. The molecule has 0 radical (unpaired) electrons. The van der Waals surface area contributed by atoms with Gasteiger partial charge in [-0.2, -0.15) is 0 Å². The summed E-state index contributed by atoms with van der Waals surface area (Å²) >= 11 is -2.36. The Morgan fingerprint density at radius 3 is 2.26 bits per heavy atom. The molecule has 398 valence electrons. The molecule has 0 saturated carbocycles. The van der Waals surface area contributed by atoms with Crippen LogP contribution >= 0.6 is 0 Å². The number of primary amides is 1. The molecule has 3 aliphatic heterocycles. The summed E-state index contributed by atoms with van der Waals surface area (Å²) in [6.45, 7) is 3.11. The lowest BCUT2D eigenvalue weighted by Gasteiger charge is -2.32. The van der Waals surface area contributed by atoms with Crippen LogP contribution in [0.25, 0.3) is 10.9 Å². The number of H-pyrrole nitrogens is 1. The number of nitrogens with two attached hydrogens (primary N) is 1. The summed E-state index contributed by atoms with van der Waals surface area (Å²) in [5.41, 5.74) is 6.03. The van der Waals surface area contributed by atoms with Crippen LogP contribution in [-0.2, 0) is 60.7 Å². The quantitative estimate of drug-likeness (QED) is 0.0591. The number of ether oxygens (including phenoxy) is 1. The van der Waals surface area contributed by atoms with E-state index in [1.54, 1.807) is 32.0 Å². The normalized spacial score (nSPS) is 26.6. The molecule has 1 fully saturated rings. The van der Waals surface area contributed by atoms with E-state index in [1.807, 2.05) is 7.05 Å². The number of aromatic amines is 1. The number of amides is 9. The van der Waals surface area contributed by atoms with Crippen LogP contribution in [0.3, 0.4) is 0 Å². The highest BCUT2D eigenvalue weighted by Gasteiger charge is 2.45. The number of hydrogen-bond donors (Lipinski definition) is 13. The minimum Gasteiger partial charge on any atom is -0.610 e. The number of aliphatic hydroxyl groups excluding tert-OH is 3. The van der Waals surface area contributed by atoms with E-state index in [-0.39, 0.29) is 10.6 Å². The lowest BCUT2D eigenvalue weighted by atomic mass is 9.93. The molecule has 2 aromatic rings. The van der Waals surface area contributed by atoms with Gasteiger partial charge in [-0.1, -0.05) is 40.0 Å². The largest absolute Gasteiger partial charge is 0.610 e. The van der Waals surface area contributed by atoms with E-state index in [0.717, 1.165) is 37.1 Å². The Labute approximate surface area is 419 Å². The summed E-state index contributed by atoms with van der Waals surface area (Å²) in [5.74, 6) is -11.2. The molecule has 9 amide bonds. The zero-order valence-corrected chi connectivity index (χ0v) is 41.7. The number of hydrogen-bond acceptors (Lipinski definition) is 15. The number of carbonyl (C=O) groups is 9. The predicted molar refractivity (Wildman–Crippen MR) is 258 cm³/mol. The third-order valence-corrected chi connectivity index (χ3v) is 14.5. The van der Waals surface area contributed by atoms with Gasteiger partial charge in [-0.25, -0.2) is 0 Å². The van der Waals surface area contributed by atoms with Crippen LogP contribution in [0.2, 0.25) is 0 Å². The third-order valence-electron chi connectivity index (χ3n) is 13.1. The number of fused-ring (bicyclic) bond motifs is 5. The fraction of sp³-hybridized carbons (Fsp3) is 0.630. The van der Waals surface area contributed by atoms with Crippen molar-refractivity contribution in [2.24, 2.45) is 17.6 Å². The SMILES string of the molecule is CC[C@H](C)[C@@H]1NC(=O)CNC(=O)[C@@H]2Cc3c([nH]c4cc(OCCCCCCNC)ccc34)[S+]([O-])C[C@H](NC(=O)CNC1=O)C(=O)N[C@@H](CC(N)=O)C(=O)N1C[C@H](O)C[C@H]1C(=O)N[C@@H]([C@@H](C)[C@@H](O)CO)C(=O)N2. The maximum atomic E-state index is 14.9. The van der Waals surface area contributed by atoms with Crippen LogP contribution in [0.1, 0.15) is 71.3 Å². The van der Waals surface area contributed by atoms with E-state index < -0.39 is 176 Å². The van der Waals surface area contributed by atoms with Crippen LogP contribution in [0.4, 0.5) is 0 Å². The lowest BCUT2D eigenvalue weighted by molar-refractivity contribution is -0.144. The van der Waals surface area contributed by atoms with Crippen LogP contribution in [0, 0.1) is 11.8 Å². The second-order valence-corrected chi connectivity index (χ2v) is 19.9. The molecular weight excluding hydrogens is 963 g/mol. The van der Waals surface area contributed by atoms with Crippen molar-refractivity contribution in [1.82, 2.24) is 52.4 Å². The van der Waals surface area contributed by atoms with Gasteiger partial charge in [-0.3, -0.25) is 43.2 Å². The Kier molecular flexibility index (Phi) is 21.0. The monoisotopic (exact) mass is 1030 g/mol. The van der Waals surface area contributed by atoms with Gasteiger partial charge >= 0.3 is 0 Å². The molecule has 1 unspecified atom stereocenters. The van der Waals surface area contributed by atoms with Gasteiger partial charge in [0.05, 0.1) is 50.4 Å². The Balaban J connectivity index is 1.70. The fourth-order valence-corrected chi connectivity index (χ4v) is 10.1. The zero-order valence-electron chi connectivity index (χ0n) is 40.9. The van der Waals surface area contributed by atoms with Crippen molar-refractivity contribution in [3.8, 4) is 5.75 Å². The van der Waals surface area contributed by atoms with Crippen molar-refractivity contribution >= 4 is 75.2 Å². The van der Waals surface area contributed by atoms with E-state index in [0.29, 0.717) is 29.7 Å². The van der Waals surface area contributed by atoms with Crippen molar-refractivity contribution < 1.29 is 67.8 Å². The lowest BCUT2D eigenvalue weighted by Crippen LogP contribution is -2.62. The predicted octanol–water partition coefficient (Wildman–Crippen LogP) is -4.47. The molecule has 1 saturated heterocycles. The molecule has 1 aromatic carbocycles. The van der Waals surface area contributed by atoms with Gasteiger partial charge in [0.2, 0.25) is 58.2 Å². The first-order chi connectivity index (χ1) is 34.3. The number of aliphatic hydroxyl groups is 3. The first-order valence-electron chi connectivity index (χ1n) is 24.2. The standard InChI is InChI=1S/C46H69N11O14S/c1-5-23(2)38-43(67)50-18-36(62)51-32-22-72(70)45-28(27-11-10-26(15-29(27)54-45)71-13-9-7-6-8-12-48-4)16-30(40(64)49-19-37(63)55-38)52-44(68)39(24(3)34(60)21-58)56-42(66)33-14-25(59)20-57(33)46(69)31(17-35(47)61)53-41(32)65/h10-11,15,23-25,30-34,38-39,48,54,58-60H,5-9,12-14,16-22H2,1-4H3,(H2,47,61)(H,49,64)(H,50,67)(H,51,62)(H,52,68)(H,53,65)(H,55,63)(H,56,66)/t23-,24-,25+,30-,31-,32-,33-,34-,38-,39-,72?/m0/s1. The maximum absolute atomic E-state index is 14.9. The number of rotatable bonds is 15. The molecule has 2 bridgehead atoms. The molecule has 14 N–H and O–H groups in total. The van der Waals surface area contributed by atoms with Gasteiger partial charge in [0, 0.05) is 53.5 Å². The van der Waals surface area contributed by atoms with Crippen molar-refractivity contribution in [1.29, 1.82) is 0 Å². The van der Waals surface area contributed by atoms with Crippen molar-refractivity contribution in [3.63, 3.8) is 0 Å². The first-order valence-corrected chi connectivity index (χ1v) is 25.5. The van der Waals surface area contributed by atoms with Crippen LogP contribution in [0.5, 0.6) is 5.75 Å². The summed E-state index contributed by atoms with van der Waals surface area (Å²) in [5, 5.41) is 52.4. The number of carbonyl (C=O) groups excluding carboxylic acids is 9. The number of unbranched alkanes of at least 4 members (excludes halogenated alkanes) is 3. The third kappa shape index (κ3) is 15.0. The van der Waals surface area contributed by atoms with Gasteiger partial charge < -0.3 is 82.8 Å². The van der Waals surface area contributed by atoms with E-state index >= 15 is 0 Å². The first kappa shape index (κ1) is 56.8. The maximum Gasteiger partial charge on any atom is 0.248 e. The summed E-state index contributed by atoms with van der Waals surface area (Å²) in [6, 6.07) is -4.98.